The lowest BCUT2D eigenvalue weighted by Crippen LogP contribution is -2.41. The molecule has 0 atom stereocenters. The van der Waals surface area contributed by atoms with E-state index in [4.69, 9.17) is 16.3 Å². The van der Waals surface area contributed by atoms with Gasteiger partial charge in [0, 0.05) is 38.1 Å². The molecular weight excluding hydrogens is 404 g/mol. The van der Waals surface area contributed by atoms with Crippen LogP contribution < -0.4 is 4.74 Å². The molecule has 1 fully saturated rings. The van der Waals surface area contributed by atoms with Crippen molar-refractivity contribution in [2.45, 2.75) is 25.5 Å². The number of carbonyl (C=O) groups is 1. The van der Waals surface area contributed by atoms with Gasteiger partial charge in [0.1, 0.15) is 17.7 Å². The van der Waals surface area contributed by atoms with E-state index < -0.39 is 10.0 Å². The quantitative estimate of drug-likeness (QED) is 0.763. The van der Waals surface area contributed by atoms with Crippen LogP contribution in [0.15, 0.2) is 30.6 Å². The second-order valence-corrected chi connectivity index (χ2v) is 9.21. The van der Waals surface area contributed by atoms with Crippen molar-refractivity contribution in [2.24, 2.45) is 0 Å². The van der Waals surface area contributed by atoms with E-state index in [0.717, 1.165) is 0 Å². The van der Waals surface area contributed by atoms with Gasteiger partial charge < -0.3 is 14.6 Å². The summed E-state index contributed by atoms with van der Waals surface area (Å²) in [6, 6.07) is 4.94. The summed E-state index contributed by atoms with van der Waals surface area (Å²) in [7, 11) is -1.48. The van der Waals surface area contributed by atoms with Gasteiger partial charge >= 0.3 is 0 Å². The lowest BCUT2D eigenvalue weighted by Gasteiger charge is -2.30. The molecule has 0 radical (unpaired) electrons. The van der Waals surface area contributed by atoms with Crippen molar-refractivity contribution in [1.29, 1.82) is 0 Å². The molecule has 0 unspecified atom stereocenters. The first-order valence-electron chi connectivity index (χ1n) is 8.89. The van der Waals surface area contributed by atoms with Crippen LogP contribution in [0, 0.1) is 0 Å². The van der Waals surface area contributed by atoms with E-state index in [1.54, 1.807) is 42.5 Å². The lowest BCUT2D eigenvalue weighted by atomic mass is 10.1. The van der Waals surface area contributed by atoms with E-state index in [1.807, 2.05) is 0 Å². The van der Waals surface area contributed by atoms with E-state index >= 15 is 0 Å². The molecular formula is C18H23ClN4O4S. The fraction of sp³-hybridized carbons (Fsp3) is 0.444. The first kappa shape index (κ1) is 20.6. The molecule has 152 valence electrons. The average Bonchev–Trinajstić information content (AvgIpc) is 3.15. The number of rotatable bonds is 6. The van der Waals surface area contributed by atoms with Gasteiger partial charge in [-0.15, -0.1) is 0 Å². The predicted octanol–water partition coefficient (Wildman–Crippen LogP) is 2.14. The number of aromatic nitrogens is 2. The molecule has 10 heteroatoms. The van der Waals surface area contributed by atoms with Crippen molar-refractivity contribution in [3.63, 3.8) is 0 Å². The predicted molar refractivity (Wildman–Crippen MR) is 106 cm³/mol. The third-order valence-corrected chi connectivity index (χ3v) is 6.23. The minimum absolute atomic E-state index is 0.112. The van der Waals surface area contributed by atoms with E-state index in [2.05, 4.69) is 9.97 Å². The maximum absolute atomic E-state index is 12.6. The van der Waals surface area contributed by atoms with Gasteiger partial charge in [0.2, 0.25) is 10.0 Å². The molecule has 1 amide bonds. The van der Waals surface area contributed by atoms with Gasteiger partial charge in [-0.1, -0.05) is 11.6 Å². The Morgan fingerprint density at radius 3 is 2.68 bits per heavy atom. The number of piperidine rings is 1. The summed E-state index contributed by atoms with van der Waals surface area (Å²) in [6.45, 7) is 1.21. The van der Waals surface area contributed by atoms with Gasteiger partial charge in [-0.3, -0.25) is 4.79 Å². The number of nitrogens with one attached hydrogen (secondary N) is 1. The maximum atomic E-state index is 12.6. The highest BCUT2D eigenvalue weighted by Gasteiger charge is 2.26. The zero-order chi connectivity index (χ0) is 20.3. The number of benzene rings is 1. The monoisotopic (exact) mass is 426 g/mol. The summed E-state index contributed by atoms with van der Waals surface area (Å²) >= 11 is 6.32. The number of aromatic amines is 1. The Balaban J connectivity index is 1.60. The molecule has 1 aromatic heterocycles. The molecule has 0 saturated carbocycles. The third-order valence-electron chi connectivity index (χ3n) is 4.63. The molecule has 3 rings (SSSR count). The highest BCUT2D eigenvalue weighted by Crippen LogP contribution is 2.29. The summed E-state index contributed by atoms with van der Waals surface area (Å²) in [5.74, 6) is 1.01. The zero-order valence-corrected chi connectivity index (χ0v) is 17.3. The molecule has 1 aromatic carbocycles. The van der Waals surface area contributed by atoms with Crippen LogP contribution in [0.5, 0.6) is 5.75 Å². The fourth-order valence-electron chi connectivity index (χ4n) is 3.09. The SMILES string of the molecule is CN(Cc1ncc[nH]1)C(=O)c1ccc(OC2CCN(S(C)(=O)=O)CC2)c(Cl)c1. The molecule has 1 N–H and O–H groups in total. The second kappa shape index (κ2) is 8.50. The Hall–Kier alpha value is -2.10. The van der Waals surface area contributed by atoms with Gasteiger partial charge in [-0.25, -0.2) is 17.7 Å². The number of sulfonamides is 1. The number of carbonyl (C=O) groups excluding carboxylic acids is 1. The molecule has 1 aliphatic rings. The van der Waals surface area contributed by atoms with E-state index in [0.29, 0.717) is 54.6 Å². The molecule has 0 aliphatic carbocycles. The van der Waals surface area contributed by atoms with Gasteiger partial charge in [0.15, 0.2) is 0 Å². The van der Waals surface area contributed by atoms with Gasteiger partial charge in [0.25, 0.3) is 5.91 Å². The molecule has 8 nitrogen and oxygen atoms in total. The first-order chi connectivity index (χ1) is 13.2. The van der Waals surface area contributed by atoms with Crippen LogP contribution >= 0.6 is 11.6 Å². The molecule has 2 heterocycles. The first-order valence-corrected chi connectivity index (χ1v) is 11.1. The minimum atomic E-state index is -3.17. The third kappa shape index (κ3) is 5.03. The second-order valence-electron chi connectivity index (χ2n) is 6.82. The normalized spacial score (nSPS) is 16.1. The summed E-state index contributed by atoms with van der Waals surface area (Å²) in [6.07, 6.45) is 5.63. The van der Waals surface area contributed by atoms with Gasteiger partial charge in [0.05, 0.1) is 17.8 Å². The van der Waals surface area contributed by atoms with Crippen LogP contribution in [-0.2, 0) is 16.6 Å². The minimum Gasteiger partial charge on any atom is -0.489 e. The van der Waals surface area contributed by atoms with Crippen molar-refractivity contribution >= 4 is 27.5 Å². The molecule has 1 aliphatic heterocycles. The molecule has 2 aromatic rings. The topological polar surface area (TPSA) is 95.6 Å². The van der Waals surface area contributed by atoms with Crippen molar-refractivity contribution in [3.8, 4) is 5.75 Å². The fourth-order valence-corrected chi connectivity index (χ4v) is 4.19. The standard InChI is InChI=1S/C18H23ClN4O4S/c1-22(12-17-20-7-8-21-17)18(24)13-3-4-16(15(19)11-13)27-14-5-9-23(10-6-14)28(2,25)26/h3-4,7-8,11,14H,5-6,9-10,12H2,1-2H3,(H,20,21). The van der Waals surface area contributed by atoms with Gasteiger partial charge in [-0.2, -0.15) is 0 Å². The van der Waals surface area contributed by atoms with Crippen LogP contribution in [-0.4, -0.2) is 66.0 Å². The Morgan fingerprint density at radius 2 is 2.11 bits per heavy atom. The number of halogens is 1. The van der Waals surface area contributed by atoms with E-state index in [9.17, 15) is 13.2 Å². The zero-order valence-electron chi connectivity index (χ0n) is 15.8. The summed E-state index contributed by atoms with van der Waals surface area (Å²) < 4.78 is 30.6. The summed E-state index contributed by atoms with van der Waals surface area (Å²) in [5.41, 5.74) is 0.457. The number of hydrogen-bond donors (Lipinski definition) is 1. The number of amides is 1. The smallest absolute Gasteiger partial charge is 0.254 e. The summed E-state index contributed by atoms with van der Waals surface area (Å²) in [5, 5.41) is 0.350. The number of hydrogen-bond acceptors (Lipinski definition) is 5. The number of imidazole rings is 1. The number of H-pyrrole nitrogens is 1. The highest BCUT2D eigenvalue weighted by molar-refractivity contribution is 7.88. The Morgan fingerprint density at radius 1 is 1.39 bits per heavy atom. The van der Waals surface area contributed by atoms with Crippen LogP contribution in [0.1, 0.15) is 29.0 Å². The number of ether oxygens (including phenoxy) is 1. The van der Waals surface area contributed by atoms with Crippen LogP contribution in [0.3, 0.4) is 0 Å². The largest absolute Gasteiger partial charge is 0.489 e. The van der Waals surface area contributed by atoms with Crippen molar-refractivity contribution in [1.82, 2.24) is 19.2 Å². The lowest BCUT2D eigenvalue weighted by molar-refractivity contribution is 0.0781. The van der Waals surface area contributed by atoms with Crippen molar-refractivity contribution < 1.29 is 17.9 Å². The Labute approximate surface area is 169 Å². The average molecular weight is 427 g/mol. The Bertz CT molecular complexity index is 925. The number of nitrogens with zero attached hydrogens (tertiary/aromatic N) is 3. The molecule has 0 spiro atoms. The highest BCUT2D eigenvalue weighted by atomic mass is 35.5. The Kier molecular flexibility index (Phi) is 6.26. The van der Waals surface area contributed by atoms with E-state index in [-0.39, 0.29) is 12.0 Å². The van der Waals surface area contributed by atoms with Crippen LogP contribution in [0.4, 0.5) is 0 Å². The molecule has 28 heavy (non-hydrogen) atoms. The van der Waals surface area contributed by atoms with Crippen molar-refractivity contribution in [3.05, 3.63) is 47.0 Å². The molecule has 1 saturated heterocycles. The van der Waals surface area contributed by atoms with Crippen LogP contribution in [0.25, 0.3) is 0 Å². The van der Waals surface area contributed by atoms with Gasteiger partial charge in [-0.05, 0) is 31.0 Å². The maximum Gasteiger partial charge on any atom is 0.254 e. The van der Waals surface area contributed by atoms with Crippen LogP contribution in [0.2, 0.25) is 5.02 Å². The van der Waals surface area contributed by atoms with Crippen molar-refractivity contribution in [2.75, 3.05) is 26.4 Å². The van der Waals surface area contributed by atoms with E-state index in [1.165, 1.54) is 10.6 Å². The molecule has 0 bridgehead atoms. The summed E-state index contributed by atoms with van der Waals surface area (Å²) in [4.78, 5) is 21.2.